The molecule has 0 radical (unpaired) electrons. The number of carbonyl (C=O) groups is 1. The van der Waals surface area contributed by atoms with Crippen LogP contribution in [0.1, 0.15) is 22.6 Å². The first-order valence-corrected chi connectivity index (χ1v) is 6.34. The molecular weight excluding hydrogens is 244 g/mol. The Morgan fingerprint density at radius 3 is 2.61 bits per heavy atom. The molecule has 1 nitrogen and oxygen atoms in total. The molecule has 0 aromatic heterocycles. The summed E-state index contributed by atoms with van der Waals surface area (Å²) in [6.45, 7) is 2.06. The van der Waals surface area contributed by atoms with Crippen molar-refractivity contribution in [1.82, 2.24) is 0 Å². The molecule has 1 atom stereocenters. The van der Waals surface area contributed by atoms with Crippen molar-refractivity contribution in [2.75, 3.05) is 0 Å². The summed E-state index contributed by atoms with van der Waals surface area (Å²) in [5.41, 5.74) is 3.39. The second-order valence-corrected chi connectivity index (χ2v) is 4.86. The fourth-order valence-corrected chi connectivity index (χ4v) is 2.26. The summed E-state index contributed by atoms with van der Waals surface area (Å²) >= 11 is 5.96. The lowest BCUT2D eigenvalue weighted by Crippen LogP contribution is -2.05. The normalized spacial score (nSPS) is 12.1. The van der Waals surface area contributed by atoms with Gasteiger partial charge < -0.3 is 4.79 Å². The van der Waals surface area contributed by atoms with Crippen LogP contribution in [0.4, 0.5) is 0 Å². The van der Waals surface area contributed by atoms with E-state index in [0.29, 0.717) is 5.02 Å². The standard InChI is InChI=1S/C16H15ClO/c1-12-5-2-3-6-13(12)9-15(11-18)14-7-4-8-16(17)10-14/h2-8,10-11,15H,9H2,1H3. The molecule has 0 amide bonds. The largest absolute Gasteiger partial charge is 0.303 e. The lowest BCUT2D eigenvalue weighted by molar-refractivity contribution is -0.109. The van der Waals surface area contributed by atoms with E-state index >= 15 is 0 Å². The first-order valence-electron chi connectivity index (χ1n) is 5.96. The Hall–Kier alpha value is -1.60. The Labute approximate surface area is 112 Å². The van der Waals surface area contributed by atoms with Crippen molar-refractivity contribution < 1.29 is 4.79 Å². The fourth-order valence-electron chi connectivity index (χ4n) is 2.06. The van der Waals surface area contributed by atoms with Gasteiger partial charge in [-0.15, -0.1) is 0 Å². The molecule has 0 aliphatic carbocycles. The monoisotopic (exact) mass is 258 g/mol. The first-order chi connectivity index (χ1) is 8.70. The lowest BCUT2D eigenvalue weighted by Gasteiger charge is -2.13. The van der Waals surface area contributed by atoms with E-state index in [2.05, 4.69) is 19.1 Å². The Balaban J connectivity index is 2.25. The molecule has 0 saturated carbocycles. The number of carbonyl (C=O) groups excluding carboxylic acids is 1. The summed E-state index contributed by atoms with van der Waals surface area (Å²) < 4.78 is 0. The molecule has 0 heterocycles. The third-order valence-electron chi connectivity index (χ3n) is 3.14. The fraction of sp³-hybridized carbons (Fsp3) is 0.188. The SMILES string of the molecule is Cc1ccccc1CC(C=O)c1cccc(Cl)c1. The van der Waals surface area contributed by atoms with E-state index in [1.165, 1.54) is 11.1 Å². The Bertz CT molecular complexity index is 548. The number of hydrogen-bond acceptors (Lipinski definition) is 1. The minimum Gasteiger partial charge on any atom is -0.303 e. The molecule has 0 bridgehead atoms. The van der Waals surface area contributed by atoms with Gasteiger partial charge in [-0.2, -0.15) is 0 Å². The van der Waals surface area contributed by atoms with Gasteiger partial charge in [-0.1, -0.05) is 48.0 Å². The summed E-state index contributed by atoms with van der Waals surface area (Å²) in [5, 5.41) is 0.670. The molecule has 0 aliphatic rings. The van der Waals surface area contributed by atoms with Crippen molar-refractivity contribution in [3.63, 3.8) is 0 Å². The average Bonchev–Trinajstić information content (AvgIpc) is 2.38. The second-order valence-electron chi connectivity index (χ2n) is 4.43. The second kappa shape index (κ2) is 5.83. The van der Waals surface area contributed by atoms with Crippen LogP contribution in [0, 0.1) is 6.92 Å². The summed E-state index contributed by atoms with van der Waals surface area (Å²) in [5.74, 6) is -0.134. The van der Waals surface area contributed by atoms with E-state index in [1.807, 2.05) is 36.4 Å². The number of benzene rings is 2. The van der Waals surface area contributed by atoms with Crippen molar-refractivity contribution in [2.45, 2.75) is 19.3 Å². The van der Waals surface area contributed by atoms with E-state index < -0.39 is 0 Å². The van der Waals surface area contributed by atoms with Crippen molar-refractivity contribution in [3.05, 3.63) is 70.2 Å². The third-order valence-corrected chi connectivity index (χ3v) is 3.38. The average molecular weight is 259 g/mol. The summed E-state index contributed by atoms with van der Waals surface area (Å²) in [6, 6.07) is 15.6. The molecule has 18 heavy (non-hydrogen) atoms. The molecule has 0 aliphatic heterocycles. The number of aldehydes is 1. The summed E-state index contributed by atoms with van der Waals surface area (Å²) in [4.78, 5) is 11.3. The molecule has 0 saturated heterocycles. The zero-order chi connectivity index (χ0) is 13.0. The highest BCUT2D eigenvalue weighted by atomic mass is 35.5. The molecule has 2 rings (SSSR count). The predicted molar refractivity (Wildman–Crippen MR) is 75.1 cm³/mol. The molecule has 0 fully saturated rings. The van der Waals surface area contributed by atoms with Crippen molar-refractivity contribution in [1.29, 1.82) is 0 Å². The van der Waals surface area contributed by atoms with E-state index in [-0.39, 0.29) is 5.92 Å². The number of halogens is 1. The highest BCUT2D eigenvalue weighted by molar-refractivity contribution is 6.30. The van der Waals surface area contributed by atoms with Crippen LogP contribution in [0.15, 0.2) is 48.5 Å². The van der Waals surface area contributed by atoms with Gasteiger partial charge in [0.15, 0.2) is 0 Å². The molecule has 2 aromatic rings. The molecule has 0 N–H and O–H groups in total. The van der Waals surface area contributed by atoms with Crippen LogP contribution in [0.5, 0.6) is 0 Å². The van der Waals surface area contributed by atoms with Crippen LogP contribution >= 0.6 is 11.6 Å². The summed E-state index contributed by atoms with van der Waals surface area (Å²) in [6.07, 6.45) is 1.72. The predicted octanol–water partition coefficient (Wildman–Crippen LogP) is 4.17. The molecular formula is C16H15ClO. The Morgan fingerprint density at radius 2 is 1.94 bits per heavy atom. The molecule has 1 unspecified atom stereocenters. The van der Waals surface area contributed by atoms with Gasteiger partial charge in [0.05, 0.1) is 0 Å². The van der Waals surface area contributed by atoms with E-state index in [1.54, 1.807) is 0 Å². The van der Waals surface area contributed by atoms with Crippen molar-refractivity contribution >= 4 is 17.9 Å². The van der Waals surface area contributed by atoms with Gasteiger partial charge in [-0.3, -0.25) is 0 Å². The Morgan fingerprint density at radius 1 is 1.17 bits per heavy atom. The van der Waals surface area contributed by atoms with E-state index in [9.17, 15) is 4.79 Å². The van der Waals surface area contributed by atoms with Crippen molar-refractivity contribution in [3.8, 4) is 0 Å². The van der Waals surface area contributed by atoms with E-state index in [0.717, 1.165) is 18.3 Å². The van der Waals surface area contributed by atoms with Gasteiger partial charge in [0.25, 0.3) is 0 Å². The first kappa shape index (κ1) is 12.8. The lowest BCUT2D eigenvalue weighted by atomic mass is 9.91. The van der Waals surface area contributed by atoms with Crippen LogP contribution < -0.4 is 0 Å². The highest BCUT2D eigenvalue weighted by Gasteiger charge is 2.12. The molecule has 2 aromatic carbocycles. The minimum atomic E-state index is -0.134. The van der Waals surface area contributed by atoms with Gasteiger partial charge >= 0.3 is 0 Å². The van der Waals surface area contributed by atoms with Crippen LogP contribution in [0.25, 0.3) is 0 Å². The number of aryl methyl sites for hydroxylation is 1. The topological polar surface area (TPSA) is 17.1 Å². The zero-order valence-electron chi connectivity index (χ0n) is 10.3. The third kappa shape index (κ3) is 2.99. The van der Waals surface area contributed by atoms with Crippen molar-refractivity contribution in [2.24, 2.45) is 0 Å². The highest BCUT2D eigenvalue weighted by Crippen LogP contribution is 2.23. The maximum absolute atomic E-state index is 11.3. The quantitative estimate of drug-likeness (QED) is 0.752. The van der Waals surface area contributed by atoms with Crippen LogP contribution in [0.2, 0.25) is 5.02 Å². The zero-order valence-corrected chi connectivity index (χ0v) is 11.0. The van der Waals surface area contributed by atoms with Crippen LogP contribution in [-0.4, -0.2) is 6.29 Å². The van der Waals surface area contributed by atoms with E-state index in [4.69, 9.17) is 11.6 Å². The molecule has 92 valence electrons. The van der Waals surface area contributed by atoms with Gasteiger partial charge in [0.1, 0.15) is 6.29 Å². The maximum Gasteiger partial charge on any atom is 0.127 e. The number of rotatable bonds is 4. The minimum absolute atomic E-state index is 0.134. The number of hydrogen-bond donors (Lipinski definition) is 0. The van der Waals surface area contributed by atoms with Gasteiger partial charge in [0, 0.05) is 10.9 Å². The molecule has 0 spiro atoms. The maximum atomic E-state index is 11.3. The summed E-state index contributed by atoms with van der Waals surface area (Å²) in [7, 11) is 0. The van der Waals surface area contributed by atoms with Gasteiger partial charge in [0.2, 0.25) is 0 Å². The molecule has 2 heteroatoms. The van der Waals surface area contributed by atoms with Crippen LogP contribution in [0.3, 0.4) is 0 Å². The van der Waals surface area contributed by atoms with Crippen LogP contribution in [-0.2, 0) is 11.2 Å². The van der Waals surface area contributed by atoms with Gasteiger partial charge in [-0.25, -0.2) is 0 Å². The smallest absolute Gasteiger partial charge is 0.127 e. The van der Waals surface area contributed by atoms with Gasteiger partial charge in [-0.05, 0) is 42.2 Å². The Kier molecular flexibility index (Phi) is 4.16.